The minimum Gasteiger partial charge on any atom is -0.348 e. The minimum atomic E-state index is 0.453. The van der Waals surface area contributed by atoms with Gasteiger partial charge < -0.3 is 4.90 Å². The van der Waals surface area contributed by atoms with Crippen molar-refractivity contribution >= 4 is 39.7 Å². The van der Waals surface area contributed by atoms with Gasteiger partial charge in [0.25, 0.3) is 0 Å². The Morgan fingerprint density at radius 3 is 2.47 bits per heavy atom. The second kappa shape index (κ2) is 6.26. The van der Waals surface area contributed by atoms with Crippen molar-refractivity contribution in [1.29, 1.82) is 0 Å². The lowest BCUT2D eigenvalue weighted by Crippen LogP contribution is -2.30. The van der Waals surface area contributed by atoms with Crippen molar-refractivity contribution in [2.75, 3.05) is 11.9 Å². The van der Waals surface area contributed by atoms with Gasteiger partial charge in [0.15, 0.2) is 5.13 Å². The molecule has 0 atom stereocenters. The monoisotopic (exact) mass is 292 g/mol. The molecule has 1 aliphatic rings. The van der Waals surface area contributed by atoms with E-state index < -0.39 is 0 Å². The summed E-state index contributed by atoms with van der Waals surface area (Å²) >= 11 is 13.5. The normalized spacial score (nSPS) is 18.1. The molecule has 1 aliphatic carbocycles. The van der Waals surface area contributed by atoms with Gasteiger partial charge in [0, 0.05) is 13.1 Å². The zero-order chi connectivity index (χ0) is 12.3. The number of anilines is 1. The van der Waals surface area contributed by atoms with E-state index >= 15 is 0 Å². The Kier molecular flexibility index (Phi) is 4.95. The van der Waals surface area contributed by atoms with Crippen molar-refractivity contribution in [3.63, 3.8) is 0 Å². The van der Waals surface area contributed by atoms with E-state index in [1.165, 1.54) is 38.5 Å². The Labute approximate surface area is 117 Å². The fourth-order valence-electron chi connectivity index (χ4n) is 2.36. The summed E-state index contributed by atoms with van der Waals surface area (Å²) in [4.78, 5) is 7.68. The molecule has 0 N–H and O–H groups in total. The van der Waals surface area contributed by atoms with Gasteiger partial charge in [-0.15, -0.1) is 11.6 Å². The van der Waals surface area contributed by atoms with Crippen molar-refractivity contribution in [3.05, 3.63) is 10.0 Å². The van der Waals surface area contributed by atoms with Crippen LogP contribution in [0, 0.1) is 0 Å². The van der Waals surface area contributed by atoms with E-state index in [-0.39, 0.29) is 0 Å². The Morgan fingerprint density at radius 2 is 1.94 bits per heavy atom. The average Bonchev–Trinajstić information content (AvgIpc) is 2.56. The predicted molar refractivity (Wildman–Crippen MR) is 76.6 cm³/mol. The first-order chi connectivity index (χ1) is 8.22. The molecule has 0 saturated heterocycles. The summed E-state index contributed by atoms with van der Waals surface area (Å²) < 4.78 is 0. The van der Waals surface area contributed by atoms with Crippen LogP contribution in [-0.4, -0.2) is 18.1 Å². The third kappa shape index (κ3) is 3.27. The molecule has 2 rings (SSSR count). The molecule has 17 heavy (non-hydrogen) atoms. The molecule has 0 radical (unpaired) electrons. The third-order valence-corrected chi connectivity index (χ3v) is 5.43. The van der Waals surface area contributed by atoms with E-state index in [0.29, 0.717) is 17.1 Å². The standard InChI is InChI=1S/C12H18Cl2N2S/c1-16(9-6-4-2-3-5-7-9)12-15-11(14)10(8-13)17-12/h9H,2-8H2,1H3. The van der Waals surface area contributed by atoms with Crippen molar-refractivity contribution < 1.29 is 0 Å². The maximum atomic E-state index is 6.05. The molecule has 0 bridgehead atoms. The number of hydrogen-bond acceptors (Lipinski definition) is 3. The summed E-state index contributed by atoms with van der Waals surface area (Å²) in [6.45, 7) is 0. The Hall–Kier alpha value is 0.01000. The highest BCUT2D eigenvalue weighted by Gasteiger charge is 2.20. The molecule has 5 heteroatoms. The highest BCUT2D eigenvalue weighted by molar-refractivity contribution is 7.16. The van der Waals surface area contributed by atoms with Crippen LogP contribution in [-0.2, 0) is 5.88 Å². The van der Waals surface area contributed by atoms with Gasteiger partial charge in [-0.3, -0.25) is 0 Å². The van der Waals surface area contributed by atoms with E-state index in [1.807, 2.05) is 0 Å². The quantitative estimate of drug-likeness (QED) is 0.593. The second-order valence-corrected chi connectivity index (χ2v) is 6.29. The second-order valence-electron chi connectivity index (χ2n) is 4.60. The molecule has 0 unspecified atom stereocenters. The van der Waals surface area contributed by atoms with Crippen molar-refractivity contribution in [1.82, 2.24) is 4.98 Å². The van der Waals surface area contributed by atoms with Crippen LogP contribution in [0.4, 0.5) is 5.13 Å². The SMILES string of the molecule is CN(c1nc(Cl)c(CCl)s1)C1CCCCCC1. The molecular formula is C12H18Cl2N2S. The van der Waals surface area contributed by atoms with Gasteiger partial charge in [-0.2, -0.15) is 0 Å². The molecule has 96 valence electrons. The smallest absolute Gasteiger partial charge is 0.187 e. The average molecular weight is 293 g/mol. The molecule has 0 aliphatic heterocycles. The largest absolute Gasteiger partial charge is 0.348 e. The third-order valence-electron chi connectivity index (χ3n) is 3.43. The number of thiazole rings is 1. The van der Waals surface area contributed by atoms with Gasteiger partial charge in [-0.25, -0.2) is 4.98 Å². The van der Waals surface area contributed by atoms with Crippen LogP contribution in [0.2, 0.25) is 5.15 Å². The van der Waals surface area contributed by atoms with Crippen LogP contribution < -0.4 is 4.90 Å². The Bertz CT molecular complexity index is 359. The number of nitrogens with zero attached hydrogens (tertiary/aromatic N) is 2. The lowest BCUT2D eigenvalue weighted by molar-refractivity contribution is 0.552. The van der Waals surface area contributed by atoms with E-state index in [9.17, 15) is 0 Å². The number of aromatic nitrogens is 1. The van der Waals surface area contributed by atoms with E-state index in [0.717, 1.165) is 10.0 Å². The van der Waals surface area contributed by atoms with E-state index in [2.05, 4.69) is 16.9 Å². The highest BCUT2D eigenvalue weighted by atomic mass is 35.5. The maximum Gasteiger partial charge on any atom is 0.187 e. The zero-order valence-electron chi connectivity index (χ0n) is 10.1. The van der Waals surface area contributed by atoms with Crippen molar-refractivity contribution in [2.24, 2.45) is 0 Å². The molecule has 0 amide bonds. The Balaban J connectivity index is 2.08. The summed E-state index contributed by atoms with van der Waals surface area (Å²) in [6, 6.07) is 0.614. The molecule has 0 spiro atoms. The van der Waals surface area contributed by atoms with Gasteiger partial charge >= 0.3 is 0 Å². The minimum absolute atomic E-state index is 0.453. The first-order valence-electron chi connectivity index (χ1n) is 6.16. The molecule has 0 aromatic carbocycles. The number of halogens is 2. The summed E-state index contributed by atoms with van der Waals surface area (Å²) in [6.07, 6.45) is 7.94. The maximum absolute atomic E-state index is 6.05. The van der Waals surface area contributed by atoms with Crippen LogP contribution in [0.25, 0.3) is 0 Å². The molecule has 2 nitrogen and oxygen atoms in total. The fourth-order valence-corrected chi connectivity index (χ4v) is 3.86. The number of alkyl halides is 1. The van der Waals surface area contributed by atoms with Crippen molar-refractivity contribution in [2.45, 2.75) is 50.4 Å². The summed E-state index contributed by atoms with van der Waals surface area (Å²) in [7, 11) is 2.13. The van der Waals surface area contributed by atoms with E-state index in [1.54, 1.807) is 11.3 Å². The lowest BCUT2D eigenvalue weighted by atomic mass is 10.1. The van der Waals surface area contributed by atoms with Gasteiger partial charge in [0.05, 0.1) is 10.8 Å². The molecule has 1 fully saturated rings. The summed E-state index contributed by atoms with van der Waals surface area (Å²) in [5.74, 6) is 0.453. The van der Waals surface area contributed by atoms with Gasteiger partial charge in [0.2, 0.25) is 0 Å². The Morgan fingerprint density at radius 1 is 1.29 bits per heavy atom. The molecule has 1 aromatic rings. The van der Waals surface area contributed by atoms with Crippen LogP contribution in [0.5, 0.6) is 0 Å². The molecule has 1 aromatic heterocycles. The fraction of sp³-hybridized carbons (Fsp3) is 0.750. The summed E-state index contributed by atoms with van der Waals surface area (Å²) in [5, 5.41) is 1.58. The summed E-state index contributed by atoms with van der Waals surface area (Å²) in [5.41, 5.74) is 0. The zero-order valence-corrected chi connectivity index (χ0v) is 12.4. The van der Waals surface area contributed by atoms with Crippen LogP contribution in [0.1, 0.15) is 43.4 Å². The van der Waals surface area contributed by atoms with Gasteiger partial charge in [-0.05, 0) is 12.8 Å². The highest BCUT2D eigenvalue weighted by Crippen LogP contribution is 2.33. The predicted octanol–water partition coefficient (Wildman–Crippen LogP) is 4.69. The molecule has 1 heterocycles. The first kappa shape index (κ1) is 13.4. The topological polar surface area (TPSA) is 16.1 Å². The van der Waals surface area contributed by atoms with Crippen LogP contribution in [0.15, 0.2) is 0 Å². The lowest BCUT2D eigenvalue weighted by Gasteiger charge is -2.26. The first-order valence-corrected chi connectivity index (χ1v) is 7.89. The van der Waals surface area contributed by atoms with E-state index in [4.69, 9.17) is 23.2 Å². The van der Waals surface area contributed by atoms with Crippen molar-refractivity contribution in [3.8, 4) is 0 Å². The van der Waals surface area contributed by atoms with Gasteiger partial charge in [0.1, 0.15) is 5.15 Å². The molecular weight excluding hydrogens is 275 g/mol. The van der Waals surface area contributed by atoms with Crippen LogP contribution in [0.3, 0.4) is 0 Å². The van der Waals surface area contributed by atoms with Crippen LogP contribution >= 0.6 is 34.5 Å². The number of hydrogen-bond donors (Lipinski definition) is 0. The molecule has 1 saturated carbocycles. The number of rotatable bonds is 3. The van der Waals surface area contributed by atoms with Gasteiger partial charge in [-0.1, -0.05) is 48.6 Å².